The fourth-order valence-corrected chi connectivity index (χ4v) is 2.34. The van der Waals surface area contributed by atoms with Gasteiger partial charge in [-0.3, -0.25) is 0 Å². The average Bonchev–Trinajstić information content (AvgIpc) is 2.52. The van der Waals surface area contributed by atoms with Gasteiger partial charge in [0.2, 0.25) is 0 Å². The highest BCUT2D eigenvalue weighted by atomic mass is 32.2. The molecule has 0 amide bonds. The Morgan fingerprint density at radius 3 is 2.71 bits per heavy atom. The SMILES string of the molecule is CC(CSC(C)(C)C)NC1CCOC1. The summed E-state index contributed by atoms with van der Waals surface area (Å²) < 4.78 is 5.71. The van der Waals surface area contributed by atoms with Gasteiger partial charge in [0.15, 0.2) is 0 Å². The van der Waals surface area contributed by atoms with Gasteiger partial charge in [-0.05, 0) is 13.3 Å². The van der Waals surface area contributed by atoms with Gasteiger partial charge in [-0.1, -0.05) is 20.8 Å². The van der Waals surface area contributed by atoms with Crippen LogP contribution in [-0.4, -0.2) is 35.8 Å². The summed E-state index contributed by atoms with van der Waals surface area (Å²) in [6.45, 7) is 10.9. The molecule has 0 bridgehead atoms. The summed E-state index contributed by atoms with van der Waals surface area (Å²) in [6, 6.07) is 1.18. The van der Waals surface area contributed by atoms with Crippen molar-refractivity contribution in [2.75, 3.05) is 19.0 Å². The van der Waals surface area contributed by atoms with Gasteiger partial charge < -0.3 is 10.1 Å². The summed E-state index contributed by atoms with van der Waals surface area (Å²) in [5, 5.41) is 3.61. The monoisotopic (exact) mass is 217 g/mol. The molecular weight excluding hydrogens is 194 g/mol. The van der Waals surface area contributed by atoms with Crippen LogP contribution in [0.15, 0.2) is 0 Å². The summed E-state index contributed by atoms with van der Waals surface area (Å²) in [5.41, 5.74) is 0. The van der Waals surface area contributed by atoms with Gasteiger partial charge in [0.1, 0.15) is 0 Å². The van der Waals surface area contributed by atoms with Crippen molar-refractivity contribution in [2.24, 2.45) is 0 Å². The third kappa shape index (κ3) is 5.23. The van der Waals surface area contributed by atoms with E-state index < -0.39 is 0 Å². The van der Waals surface area contributed by atoms with Crippen molar-refractivity contribution in [2.45, 2.75) is 50.9 Å². The van der Waals surface area contributed by atoms with Gasteiger partial charge in [0.05, 0.1) is 6.61 Å². The zero-order valence-electron chi connectivity index (χ0n) is 9.80. The lowest BCUT2D eigenvalue weighted by Crippen LogP contribution is -2.38. The highest BCUT2D eigenvalue weighted by Gasteiger charge is 2.19. The molecule has 0 aromatic heterocycles. The van der Waals surface area contributed by atoms with Gasteiger partial charge in [0, 0.05) is 29.2 Å². The molecule has 1 heterocycles. The third-order valence-electron chi connectivity index (χ3n) is 2.22. The Hall–Kier alpha value is 0.270. The number of thioether (sulfide) groups is 1. The summed E-state index contributed by atoms with van der Waals surface area (Å²) in [7, 11) is 0. The first-order chi connectivity index (χ1) is 6.47. The molecule has 0 aromatic carbocycles. The van der Waals surface area contributed by atoms with Crippen LogP contribution in [-0.2, 0) is 4.74 Å². The molecule has 0 aliphatic carbocycles. The third-order valence-corrected chi connectivity index (χ3v) is 3.75. The van der Waals surface area contributed by atoms with Crippen LogP contribution in [0.25, 0.3) is 0 Å². The maximum absolute atomic E-state index is 5.33. The van der Waals surface area contributed by atoms with E-state index in [9.17, 15) is 0 Å². The van der Waals surface area contributed by atoms with Gasteiger partial charge in [0.25, 0.3) is 0 Å². The summed E-state index contributed by atoms with van der Waals surface area (Å²) >= 11 is 2.02. The molecule has 1 fully saturated rings. The molecule has 14 heavy (non-hydrogen) atoms. The number of ether oxygens (including phenoxy) is 1. The van der Waals surface area contributed by atoms with Crippen LogP contribution in [0.2, 0.25) is 0 Å². The predicted molar refractivity (Wildman–Crippen MR) is 64.0 cm³/mol. The fraction of sp³-hybridized carbons (Fsp3) is 1.00. The molecule has 1 aliphatic rings. The Balaban J connectivity index is 2.12. The van der Waals surface area contributed by atoms with Gasteiger partial charge in [-0.2, -0.15) is 11.8 Å². The van der Waals surface area contributed by atoms with Gasteiger partial charge in [-0.25, -0.2) is 0 Å². The molecule has 0 radical (unpaired) electrons. The lowest BCUT2D eigenvalue weighted by Gasteiger charge is -2.23. The Bertz CT molecular complexity index is 161. The molecule has 2 atom stereocenters. The van der Waals surface area contributed by atoms with Gasteiger partial charge >= 0.3 is 0 Å². The van der Waals surface area contributed by atoms with E-state index in [-0.39, 0.29) is 0 Å². The van der Waals surface area contributed by atoms with Crippen LogP contribution >= 0.6 is 11.8 Å². The van der Waals surface area contributed by atoms with Crippen LogP contribution in [0.3, 0.4) is 0 Å². The second-order valence-corrected chi connectivity index (χ2v) is 6.90. The van der Waals surface area contributed by atoms with E-state index in [1.54, 1.807) is 0 Å². The molecule has 3 heteroatoms. The zero-order valence-corrected chi connectivity index (χ0v) is 10.6. The summed E-state index contributed by atoms with van der Waals surface area (Å²) in [5.74, 6) is 1.18. The van der Waals surface area contributed by atoms with Crippen molar-refractivity contribution in [3.8, 4) is 0 Å². The molecule has 0 spiro atoms. The molecule has 0 aromatic rings. The van der Waals surface area contributed by atoms with E-state index in [4.69, 9.17) is 4.74 Å². The first-order valence-electron chi connectivity index (χ1n) is 5.45. The van der Waals surface area contributed by atoms with Crippen molar-refractivity contribution < 1.29 is 4.74 Å². The minimum absolute atomic E-state index is 0.377. The van der Waals surface area contributed by atoms with Crippen molar-refractivity contribution >= 4 is 11.8 Å². The fourth-order valence-electron chi connectivity index (χ4n) is 1.49. The first-order valence-corrected chi connectivity index (χ1v) is 6.44. The highest BCUT2D eigenvalue weighted by Crippen LogP contribution is 2.23. The molecule has 0 saturated carbocycles. The maximum atomic E-state index is 5.33. The van der Waals surface area contributed by atoms with E-state index in [0.29, 0.717) is 16.8 Å². The van der Waals surface area contributed by atoms with E-state index in [1.165, 1.54) is 12.2 Å². The van der Waals surface area contributed by atoms with Crippen molar-refractivity contribution in [1.29, 1.82) is 0 Å². The summed E-state index contributed by atoms with van der Waals surface area (Å²) in [6.07, 6.45) is 1.17. The average molecular weight is 217 g/mol. The first kappa shape index (κ1) is 12.3. The molecule has 84 valence electrons. The smallest absolute Gasteiger partial charge is 0.0620 e. The zero-order chi connectivity index (χ0) is 10.6. The minimum atomic E-state index is 0.377. The molecular formula is C11H23NOS. The summed E-state index contributed by atoms with van der Waals surface area (Å²) in [4.78, 5) is 0. The van der Waals surface area contributed by atoms with Crippen LogP contribution in [0, 0.1) is 0 Å². The van der Waals surface area contributed by atoms with Crippen molar-refractivity contribution in [3.63, 3.8) is 0 Å². The van der Waals surface area contributed by atoms with E-state index in [1.807, 2.05) is 11.8 Å². The quantitative estimate of drug-likeness (QED) is 0.780. The predicted octanol–water partition coefficient (Wildman–Crippen LogP) is 2.29. The molecule has 1 N–H and O–H groups in total. The topological polar surface area (TPSA) is 21.3 Å². The molecule has 1 saturated heterocycles. The molecule has 2 unspecified atom stereocenters. The molecule has 1 aliphatic heterocycles. The highest BCUT2D eigenvalue weighted by molar-refractivity contribution is 8.00. The minimum Gasteiger partial charge on any atom is -0.380 e. The normalized spacial score (nSPS) is 25.3. The van der Waals surface area contributed by atoms with Gasteiger partial charge in [-0.15, -0.1) is 0 Å². The van der Waals surface area contributed by atoms with Crippen LogP contribution < -0.4 is 5.32 Å². The Labute approximate surface area is 92.2 Å². The maximum Gasteiger partial charge on any atom is 0.0620 e. The van der Waals surface area contributed by atoms with E-state index in [2.05, 4.69) is 33.0 Å². The Morgan fingerprint density at radius 2 is 2.21 bits per heavy atom. The van der Waals surface area contributed by atoms with Crippen LogP contribution in [0.1, 0.15) is 34.1 Å². The molecule has 1 rings (SSSR count). The number of nitrogens with one attached hydrogen (secondary N) is 1. The van der Waals surface area contributed by atoms with Crippen LogP contribution in [0.5, 0.6) is 0 Å². The Morgan fingerprint density at radius 1 is 1.50 bits per heavy atom. The largest absolute Gasteiger partial charge is 0.380 e. The van der Waals surface area contributed by atoms with Crippen molar-refractivity contribution in [3.05, 3.63) is 0 Å². The lowest BCUT2D eigenvalue weighted by molar-refractivity contribution is 0.189. The van der Waals surface area contributed by atoms with Crippen molar-refractivity contribution in [1.82, 2.24) is 5.32 Å². The lowest BCUT2D eigenvalue weighted by atomic mass is 10.2. The number of hydrogen-bond donors (Lipinski definition) is 1. The number of rotatable bonds is 4. The van der Waals surface area contributed by atoms with E-state index >= 15 is 0 Å². The Kier molecular flexibility index (Phi) is 4.74. The standard InChI is InChI=1S/C11H23NOS/c1-9(8-14-11(2,3)4)12-10-5-6-13-7-10/h9-10,12H,5-8H2,1-4H3. The second kappa shape index (κ2) is 5.38. The molecule has 2 nitrogen and oxygen atoms in total. The second-order valence-electron chi connectivity index (χ2n) is 5.05. The van der Waals surface area contributed by atoms with Crippen LogP contribution in [0.4, 0.5) is 0 Å². The van der Waals surface area contributed by atoms with E-state index in [0.717, 1.165) is 13.2 Å². The number of hydrogen-bond acceptors (Lipinski definition) is 3.